The van der Waals surface area contributed by atoms with Gasteiger partial charge in [0.05, 0.1) is 17.7 Å². The lowest BCUT2D eigenvalue weighted by Gasteiger charge is -2.20. The Hall–Kier alpha value is -2.29. The van der Waals surface area contributed by atoms with Gasteiger partial charge in [-0.25, -0.2) is 8.42 Å². The molecule has 0 saturated carbocycles. The Kier molecular flexibility index (Phi) is 7.23. The Morgan fingerprint density at radius 1 is 1.20 bits per heavy atom. The molecule has 7 nitrogen and oxygen atoms in total. The van der Waals surface area contributed by atoms with Gasteiger partial charge in [0.1, 0.15) is 11.5 Å². The number of halogens is 1. The molecule has 9 heteroatoms. The molecule has 30 heavy (non-hydrogen) atoms. The van der Waals surface area contributed by atoms with Crippen LogP contribution in [0.4, 0.5) is 5.69 Å². The van der Waals surface area contributed by atoms with Crippen molar-refractivity contribution in [2.45, 2.75) is 37.2 Å². The summed E-state index contributed by atoms with van der Waals surface area (Å²) in [5.74, 6) is 0.426. The minimum Gasteiger partial charge on any atom is -0.495 e. The molecule has 0 spiro atoms. The molecule has 1 N–H and O–H groups in total. The third-order valence-corrected chi connectivity index (χ3v) is 7.00. The van der Waals surface area contributed by atoms with Crippen LogP contribution in [0.25, 0.3) is 0 Å². The van der Waals surface area contributed by atoms with Gasteiger partial charge in [-0.15, -0.1) is 0 Å². The number of methoxy groups -OCH3 is 1. The van der Waals surface area contributed by atoms with Crippen molar-refractivity contribution < 1.29 is 22.7 Å². The van der Waals surface area contributed by atoms with Gasteiger partial charge in [0.25, 0.3) is 5.91 Å². The van der Waals surface area contributed by atoms with Crippen molar-refractivity contribution >= 4 is 33.2 Å². The molecule has 0 bridgehead atoms. The van der Waals surface area contributed by atoms with E-state index >= 15 is 0 Å². The number of anilines is 1. The zero-order valence-corrected chi connectivity index (χ0v) is 18.5. The van der Waals surface area contributed by atoms with E-state index in [2.05, 4.69) is 5.32 Å². The predicted molar refractivity (Wildman–Crippen MR) is 116 cm³/mol. The van der Waals surface area contributed by atoms with E-state index in [0.29, 0.717) is 36.0 Å². The lowest BCUT2D eigenvalue weighted by Crippen LogP contribution is -2.32. The lowest BCUT2D eigenvalue weighted by atomic mass is 10.2. The van der Waals surface area contributed by atoms with Gasteiger partial charge in [-0.2, -0.15) is 4.31 Å². The summed E-state index contributed by atoms with van der Waals surface area (Å²) in [7, 11) is -2.16. The van der Waals surface area contributed by atoms with Crippen molar-refractivity contribution in [3.05, 3.63) is 47.5 Å². The molecule has 0 aromatic heterocycles. The average molecular weight is 453 g/mol. The lowest BCUT2D eigenvalue weighted by molar-refractivity contribution is -0.122. The van der Waals surface area contributed by atoms with Gasteiger partial charge in [-0.1, -0.05) is 24.6 Å². The van der Waals surface area contributed by atoms with Crippen LogP contribution in [0, 0.1) is 0 Å². The molecule has 1 aliphatic rings. The highest BCUT2D eigenvalue weighted by atomic mass is 35.5. The standard InChI is InChI=1S/C21H25ClN2O5S/c1-3-19(29-16-8-6-7-15(22)13-16)21(25)23-18-14-17(9-10-20(18)28-2)30(26,27)24-11-4-5-12-24/h6-10,13-14,19H,3-5,11-12H2,1-2H3,(H,23,25)/t19-/m1/s1. The fourth-order valence-electron chi connectivity index (χ4n) is 3.26. The number of hydrogen-bond donors (Lipinski definition) is 1. The van der Waals surface area contributed by atoms with E-state index in [4.69, 9.17) is 21.1 Å². The summed E-state index contributed by atoms with van der Waals surface area (Å²) in [4.78, 5) is 12.9. The van der Waals surface area contributed by atoms with E-state index in [1.54, 1.807) is 24.3 Å². The van der Waals surface area contributed by atoms with Gasteiger partial charge in [-0.05, 0) is 55.7 Å². The van der Waals surface area contributed by atoms with Gasteiger partial charge < -0.3 is 14.8 Å². The molecule has 0 radical (unpaired) electrons. The smallest absolute Gasteiger partial charge is 0.265 e. The largest absolute Gasteiger partial charge is 0.495 e. The van der Waals surface area contributed by atoms with E-state index in [9.17, 15) is 13.2 Å². The summed E-state index contributed by atoms with van der Waals surface area (Å²) in [6, 6.07) is 11.2. The summed E-state index contributed by atoms with van der Waals surface area (Å²) in [5, 5.41) is 3.25. The summed E-state index contributed by atoms with van der Waals surface area (Å²) in [6.07, 6.45) is 1.31. The third-order valence-electron chi connectivity index (χ3n) is 4.87. The third kappa shape index (κ3) is 5.06. The van der Waals surface area contributed by atoms with Gasteiger partial charge in [0.15, 0.2) is 6.10 Å². The zero-order chi connectivity index (χ0) is 21.7. The molecule has 0 unspecified atom stereocenters. The van der Waals surface area contributed by atoms with Crippen LogP contribution in [0.15, 0.2) is 47.4 Å². The average Bonchev–Trinajstić information content (AvgIpc) is 3.27. The molecule has 0 aliphatic carbocycles. The van der Waals surface area contributed by atoms with Crippen LogP contribution in [0.5, 0.6) is 11.5 Å². The van der Waals surface area contributed by atoms with Crippen LogP contribution in [0.3, 0.4) is 0 Å². The van der Waals surface area contributed by atoms with Gasteiger partial charge in [0.2, 0.25) is 10.0 Å². The number of carbonyl (C=O) groups excluding carboxylic acids is 1. The number of nitrogens with one attached hydrogen (secondary N) is 1. The second-order valence-electron chi connectivity index (χ2n) is 6.93. The van der Waals surface area contributed by atoms with Gasteiger partial charge in [-0.3, -0.25) is 4.79 Å². The van der Waals surface area contributed by atoms with Crippen LogP contribution in [-0.2, 0) is 14.8 Å². The van der Waals surface area contributed by atoms with Crippen LogP contribution in [0.2, 0.25) is 5.02 Å². The number of benzene rings is 2. The first-order valence-corrected chi connectivity index (χ1v) is 11.6. The molecular weight excluding hydrogens is 428 g/mol. The highest BCUT2D eigenvalue weighted by molar-refractivity contribution is 7.89. The van der Waals surface area contributed by atoms with Crippen LogP contribution in [0.1, 0.15) is 26.2 Å². The molecule has 1 atom stereocenters. The molecule has 1 amide bonds. The van der Waals surface area contributed by atoms with Crippen molar-refractivity contribution in [1.29, 1.82) is 0 Å². The topological polar surface area (TPSA) is 84.9 Å². The van der Waals surface area contributed by atoms with Crippen molar-refractivity contribution in [1.82, 2.24) is 4.31 Å². The maximum Gasteiger partial charge on any atom is 0.265 e. The molecular formula is C21H25ClN2O5S. The van der Waals surface area contributed by atoms with E-state index in [0.717, 1.165) is 12.8 Å². The van der Waals surface area contributed by atoms with E-state index in [-0.39, 0.29) is 10.6 Å². The molecule has 162 valence electrons. The van der Waals surface area contributed by atoms with Crippen LogP contribution < -0.4 is 14.8 Å². The van der Waals surface area contributed by atoms with E-state index in [1.807, 2.05) is 6.92 Å². The van der Waals surface area contributed by atoms with E-state index < -0.39 is 22.0 Å². The summed E-state index contributed by atoms with van der Waals surface area (Å²) >= 11 is 5.98. The SMILES string of the molecule is CC[C@@H](Oc1cccc(Cl)c1)C(=O)Nc1cc(S(=O)(=O)N2CCCC2)ccc1OC. The molecule has 1 fully saturated rings. The van der Waals surface area contributed by atoms with Crippen molar-refractivity contribution in [2.75, 3.05) is 25.5 Å². The maximum atomic E-state index is 12.9. The zero-order valence-electron chi connectivity index (χ0n) is 16.9. The highest BCUT2D eigenvalue weighted by Crippen LogP contribution is 2.30. The Labute approximate surface area is 182 Å². The summed E-state index contributed by atoms with van der Waals surface area (Å²) < 4.78 is 38.3. The fraction of sp³-hybridized carbons (Fsp3) is 0.381. The summed E-state index contributed by atoms with van der Waals surface area (Å²) in [5.41, 5.74) is 0.274. The Bertz CT molecular complexity index is 1010. The van der Waals surface area contributed by atoms with E-state index in [1.165, 1.54) is 29.6 Å². The molecule has 3 rings (SSSR count). The number of ether oxygens (including phenoxy) is 2. The second-order valence-corrected chi connectivity index (χ2v) is 9.31. The van der Waals surface area contributed by atoms with Crippen molar-refractivity contribution in [2.24, 2.45) is 0 Å². The Balaban J connectivity index is 1.82. The monoisotopic (exact) mass is 452 g/mol. The van der Waals surface area contributed by atoms with Crippen molar-refractivity contribution in [3.8, 4) is 11.5 Å². The Morgan fingerprint density at radius 3 is 2.57 bits per heavy atom. The Morgan fingerprint density at radius 2 is 1.93 bits per heavy atom. The molecule has 1 saturated heterocycles. The quantitative estimate of drug-likeness (QED) is 0.656. The molecule has 2 aromatic carbocycles. The molecule has 1 aliphatic heterocycles. The number of hydrogen-bond acceptors (Lipinski definition) is 5. The summed E-state index contributed by atoms with van der Waals surface area (Å²) in [6.45, 7) is 2.82. The molecule has 1 heterocycles. The van der Waals surface area contributed by atoms with Crippen LogP contribution >= 0.6 is 11.6 Å². The molecule has 2 aromatic rings. The number of sulfonamides is 1. The number of rotatable bonds is 8. The number of nitrogens with zero attached hydrogens (tertiary/aromatic N) is 1. The minimum absolute atomic E-state index is 0.115. The van der Waals surface area contributed by atoms with Crippen molar-refractivity contribution in [3.63, 3.8) is 0 Å². The number of amides is 1. The predicted octanol–water partition coefficient (Wildman–Crippen LogP) is 3.93. The first-order chi connectivity index (χ1) is 14.3. The first-order valence-electron chi connectivity index (χ1n) is 9.76. The van der Waals surface area contributed by atoms with Gasteiger partial charge >= 0.3 is 0 Å². The second kappa shape index (κ2) is 9.68. The van der Waals surface area contributed by atoms with Crippen LogP contribution in [-0.4, -0.2) is 44.9 Å². The van der Waals surface area contributed by atoms with Gasteiger partial charge in [0, 0.05) is 18.1 Å². The number of carbonyl (C=O) groups is 1. The first kappa shape index (κ1) is 22.4. The maximum absolute atomic E-state index is 12.9. The minimum atomic E-state index is -3.62. The fourth-order valence-corrected chi connectivity index (χ4v) is 4.99. The highest BCUT2D eigenvalue weighted by Gasteiger charge is 2.28. The normalized spacial score (nSPS) is 15.6.